The van der Waals surface area contributed by atoms with Crippen molar-refractivity contribution in [3.63, 3.8) is 0 Å². The molecule has 0 saturated carbocycles. The highest BCUT2D eigenvalue weighted by Crippen LogP contribution is 2.22. The van der Waals surface area contributed by atoms with Gasteiger partial charge in [0.25, 0.3) is 0 Å². The van der Waals surface area contributed by atoms with Crippen LogP contribution in [0.25, 0.3) is 6.08 Å². The first-order chi connectivity index (χ1) is 7.04. The molecule has 0 aliphatic heterocycles. The third-order valence-electron chi connectivity index (χ3n) is 2.36. The molecule has 0 radical (unpaired) electrons. The Morgan fingerprint density at radius 2 is 1.73 bits per heavy atom. The van der Waals surface area contributed by atoms with Crippen molar-refractivity contribution in [1.29, 1.82) is 0 Å². The van der Waals surface area contributed by atoms with Crippen molar-refractivity contribution in [3.8, 4) is 0 Å². The maximum Gasteiger partial charge on any atom is 0.0258 e. The van der Waals surface area contributed by atoms with Crippen molar-refractivity contribution in [2.75, 3.05) is 5.88 Å². The first-order valence-corrected chi connectivity index (χ1v) is 5.90. The number of halogens is 1. The molecule has 1 aromatic rings. The molecule has 0 nitrogen and oxygen atoms in total. The molecule has 0 fully saturated rings. The Morgan fingerprint density at radius 3 is 2.20 bits per heavy atom. The Kier molecular flexibility index (Phi) is 4.41. The molecule has 1 aromatic carbocycles. The van der Waals surface area contributed by atoms with Crippen molar-refractivity contribution in [3.05, 3.63) is 41.5 Å². The van der Waals surface area contributed by atoms with Crippen molar-refractivity contribution in [1.82, 2.24) is 0 Å². The molecular formula is C14H19Cl. The lowest BCUT2D eigenvalue weighted by Crippen LogP contribution is -2.10. The van der Waals surface area contributed by atoms with Gasteiger partial charge >= 0.3 is 0 Å². The van der Waals surface area contributed by atoms with Crippen LogP contribution in [0.4, 0.5) is 0 Å². The number of hydrogen-bond donors (Lipinski definition) is 0. The molecule has 0 saturated heterocycles. The average molecular weight is 223 g/mol. The number of hydrogen-bond acceptors (Lipinski definition) is 0. The van der Waals surface area contributed by atoms with Crippen LogP contribution >= 0.6 is 11.6 Å². The van der Waals surface area contributed by atoms with Gasteiger partial charge in [-0.1, -0.05) is 57.2 Å². The predicted molar refractivity (Wildman–Crippen MR) is 69.5 cm³/mol. The van der Waals surface area contributed by atoms with E-state index in [0.717, 1.165) is 6.42 Å². The Bertz CT molecular complexity index is 314. The number of rotatable bonds is 3. The van der Waals surface area contributed by atoms with Crippen LogP contribution in [0.5, 0.6) is 0 Å². The van der Waals surface area contributed by atoms with Crippen molar-refractivity contribution < 1.29 is 0 Å². The second-order valence-electron chi connectivity index (χ2n) is 4.75. The highest BCUT2D eigenvalue weighted by atomic mass is 35.5. The summed E-state index contributed by atoms with van der Waals surface area (Å²) >= 11 is 5.60. The van der Waals surface area contributed by atoms with Gasteiger partial charge in [0.2, 0.25) is 0 Å². The van der Waals surface area contributed by atoms with Crippen LogP contribution in [0.15, 0.2) is 30.3 Å². The maximum absolute atomic E-state index is 5.60. The van der Waals surface area contributed by atoms with Crippen molar-refractivity contribution in [2.45, 2.75) is 32.6 Å². The summed E-state index contributed by atoms with van der Waals surface area (Å²) in [5.74, 6) is 0.691. The third-order valence-corrected chi connectivity index (χ3v) is 2.58. The van der Waals surface area contributed by atoms with Gasteiger partial charge in [0, 0.05) is 5.88 Å². The van der Waals surface area contributed by atoms with Crippen molar-refractivity contribution >= 4 is 17.7 Å². The molecule has 0 unspecified atom stereocenters. The predicted octanol–water partition coefficient (Wildman–Crippen LogP) is 4.63. The fourth-order valence-corrected chi connectivity index (χ4v) is 1.50. The summed E-state index contributed by atoms with van der Waals surface area (Å²) in [6.45, 7) is 6.68. The summed E-state index contributed by atoms with van der Waals surface area (Å²) in [6.07, 6.45) is 5.16. The lowest BCUT2D eigenvalue weighted by Gasteiger charge is -2.18. The van der Waals surface area contributed by atoms with Gasteiger partial charge < -0.3 is 0 Å². The molecule has 1 heteroatoms. The second kappa shape index (κ2) is 5.37. The van der Waals surface area contributed by atoms with Crippen LogP contribution in [0.3, 0.4) is 0 Å². The van der Waals surface area contributed by atoms with Gasteiger partial charge in [0.15, 0.2) is 0 Å². The third kappa shape index (κ3) is 4.09. The van der Waals surface area contributed by atoms with Crippen LogP contribution < -0.4 is 0 Å². The minimum absolute atomic E-state index is 0.235. The number of benzene rings is 1. The van der Waals surface area contributed by atoms with E-state index in [1.807, 2.05) is 0 Å². The van der Waals surface area contributed by atoms with Gasteiger partial charge in [-0.15, -0.1) is 11.6 Å². The van der Waals surface area contributed by atoms with Crippen LogP contribution in [-0.4, -0.2) is 5.88 Å². The molecule has 0 bridgehead atoms. The first kappa shape index (κ1) is 12.3. The second-order valence-corrected chi connectivity index (χ2v) is 5.13. The zero-order valence-electron chi connectivity index (χ0n) is 9.76. The van der Waals surface area contributed by atoms with E-state index < -0.39 is 0 Å². The Balaban J connectivity index is 2.73. The molecule has 0 spiro atoms. The van der Waals surface area contributed by atoms with Gasteiger partial charge in [0.05, 0.1) is 0 Å². The summed E-state index contributed by atoms with van der Waals surface area (Å²) in [5.41, 5.74) is 2.85. The number of alkyl halides is 1. The molecule has 0 aliphatic carbocycles. The molecule has 1 rings (SSSR count). The highest BCUT2D eigenvalue weighted by Gasteiger charge is 2.12. The van der Waals surface area contributed by atoms with Gasteiger partial charge in [-0.2, -0.15) is 0 Å². The summed E-state index contributed by atoms with van der Waals surface area (Å²) in [7, 11) is 0. The quantitative estimate of drug-likeness (QED) is 0.655. The Labute approximate surface area is 98.0 Å². The molecule has 0 aromatic heterocycles. The van der Waals surface area contributed by atoms with Crippen LogP contribution in [-0.2, 0) is 5.41 Å². The smallest absolute Gasteiger partial charge is 0.0258 e. The minimum Gasteiger partial charge on any atom is -0.126 e. The topological polar surface area (TPSA) is 0 Å². The van der Waals surface area contributed by atoms with E-state index in [2.05, 4.69) is 57.2 Å². The van der Waals surface area contributed by atoms with E-state index in [4.69, 9.17) is 11.6 Å². The average Bonchev–Trinajstić information content (AvgIpc) is 2.18. The van der Waals surface area contributed by atoms with Gasteiger partial charge in [-0.3, -0.25) is 0 Å². The fourth-order valence-electron chi connectivity index (χ4n) is 1.38. The highest BCUT2D eigenvalue weighted by molar-refractivity contribution is 6.17. The maximum atomic E-state index is 5.60. The molecule has 0 heterocycles. The Hall–Kier alpha value is -0.750. The summed E-state index contributed by atoms with van der Waals surface area (Å²) < 4.78 is 0. The summed E-state index contributed by atoms with van der Waals surface area (Å²) in [5, 5.41) is 0. The van der Waals surface area contributed by atoms with Gasteiger partial charge in [0.1, 0.15) is 0 Å². The van der Waals surface area contributed by atoms with Crippen LogP contribution in [0, 0.1) is 0 Å². The first-order valence-electron chi connectivity index (χ1n) is 5.37. The standard InChI is InChI=1S/C14H19Cl/c1-14(2,3)13-9-7-12(8-10-13)6-4-5-11-15/h4,6-10H,5,11H2,1-3H3/b6-4+. The van der Waals surface area contributed by atoms with Crippen LogP contribution in [0.2, 0.25) is 0 Å². The van der Waals surface area contributed by atoms with Gasteiger partial charge in [-0.25, -0.2) is 0 Å². The van der Waals surface area contributed by atoms with Crippen LogP contribution in [0.1, 0.15) is 38.3 Å². The molecule has 0 N–H and O–H groups in total. The molecular weight excluding hydrogens is 204 g/mol. The normalized spacial score (nSPS) is 12.3. The largest absolute Gasteiger partial charge is 0.126 e. The summed E-state index contributed by atoms with van der Waals surface area (Å²) in [4.78, 5) is 0. The monoisotopic (exact) mass is 222 g/mol. The lowest BCUT2D eigenvalue weighted by molar-refractivity contribution is 0.590. The van der Waals surface area contributed by atoms with Gasteiger partial charge in [-0.05, 0) is 23.0 Å². The molecule has 15 heavy (non-hydrogen) atoms. The van der Waals surface area contributed by atoms with E-state index in [1.165, 1.54) is 11.1 Å². The minimum atomic E-state index is 0.235. The van der Waals surface area contributed by atoms with E-state index in [-0.39, 0.29) is 5.41 Å². The fraction of sp³-hybridized carbons (Fsp3) is 0.429. The molecule has 0 atom stereocenters. The number of allylic oxidation sites excluding steroid dienone is 1. The molecule has 0 aliphatic rings. The van der Waals surface area contributed by atoms with E-state index >= 15 is 0 Å². The molecule has 82 valence electrons. The lowest BCUT2D eigenvalue weighted by atomic mass is 9.87. The van der Waals surface area contributed by atoms with E-state index in [9.17, 15) is 0 Å². The SMILES string of the molecule is CC(C)(C)c1ccc(/C=C/CCCl)cc1. The molecule has 0 amide bonds. The zero-order chi connectivity index (χ0) is 11.3. The van der Waals surface area contributed by atoms with Crippen molar-refractivity contribution in [2.24, 2.45) is 0 Å². The summed E-state index contributed by atoms with van der Waals surface area (Å²) in [6, 6.07) is 8.71. The Morgan fingerprint density at radius 1 is 1.13 bits per heavy atom. The zero-order valence-corrected chi connectivity index (χ0v) is 10.5. The van der Waals surface area contributed by atoms with E-state index in [1.54, 1.807) is 0 Å². The van der Waals surface area contributed by atoms with E-state index in [0.29, 0.717) is 5.88 Å².